The number of carbonyl (C=O) groups is 2. The zero-order valence-corrected chi connectivity index (χ0v) is 22.4. The lowest BCUT2D eigenvalue weighted by Crippen LogP contribution is -2.13. The van der Waals surface area contributed by atoms with Crippen LogP contribution in [0, 0.1) is 19.8 Å². The molecule has 0 spiro atoms. The molecule has 1 amide bonds. The number of nitrogens with zero attached hydrogens (tertiary/aromatic N) is 3. The van der Waals surface area contributed by atoms with E-state index in [4.69, 9.17) is 9.84 Å². The van der Waals surface area contributed by atoms with Crippen molar-refractivity contribution in [1.29, 1.82) is 0 Å². The third-order valence-corrected chi connectivity index (χ3v) is 6.72. The number of hydrogen-bond acceptors (Lipinski definition) is 5. The van der Waals surface area contributed by atoms with E-state index in [-0.39, 0.29) is 11.8 Å². The van der Waals surface area contributed by atoms with Crippen LogP contribution in [0.25, 0.3) is 28.1 Å². The summed E-state index contributed by atoms with van der Waals surface area (Å²) < 4.78 is 7.58. The minimum atomic E-state index is -0.430. The van der Waals surface area contributed by atoms with Crippen LogP contribution in [0.2, 0.25) is 0 Å². The minimum absolute atomic E-state index is 0.0581. The maximum absolute atomic E-state index is 12.3. The fraction of sp³-hybridized carbons (Fsp3) is 0.258. The number of benzene rings is 3. The summed E-state index contributed by atoms with van der Waals surface area (Å²) >= 11 is 0. The lowest BCUT2D eigenvalue weighted by Gasteiger charge is -2.13. The highest BCUT2D eigenvalue weighted by atomic mass is 16.5. The number of aromatic nitrogens is 2. The number of ether oxygens (including phenoxy) is 1. The van der Waals surface area contributed by atoms with Gasteiger partial charge >= 0.3 is 5.97 Å². The molecule has 0 atom stereocenters. The number of rotatable bonds is 7. The van der Waals surface area contributed by atoms with Gasteiger partial charge in [-0.15, -0.1) is 0 Å². The predicted molar refractivity (Wildman–Crippen MR) is 151 cm³/mol. The molecule has 1 heterocycles. The van der Waals surface area contributed by atoms with Crippen molar-refractivity contribution in [3.05, 3.63) is 77.9 Å². The van der Waals surface area contributed by atoms with Gasteiger partial charge in [0.05, 0.1) is 11.3 Å². The fourth-order valence-electron chi connectivity index (χ4n) is 4.43. The maximum atomic E-state index is 12.3. The van der Waals surface area contributed by atoms with Crippen molar-refractivity contribution in [1.82, 2.24) is 9.78 Å². The summed E-state index contributed by atoms with van der Waals surface area (Å²) in [5, 5.41) is 8.00. The van der Waals surface area contributed by atoms with Crippen LogP contribution in [-0.4, -0.2) is 35.8 Å². The highest BCUT2D eigenvalue weighted by Crippen LogP contribution is 2.42. The van der Waals surface area contributed by atoms with E-state index in [1.165, 1.54) is 6.92 Å². The molecule has 0 bridgehead atoms. The molecule has 0 aliphatic heterocycles. The second-order valence-electron chi connectivity index (χ2n) is 10.1. The molecule has 5 rings (SSSR count). The molecule has 1 N–H and O–H groups in total. The van der Waals surface area contributed by atoms with Crippen LogP contribution in [-0.2, 0) is 9.59 Å². The number of aryl methyl sites for hydroxylation is 2. The Kier molecular flexibility index (Phi) is 6.76. The fourth-order valence-corrected chi connectivity index (χ4v) is 4.43. The van der Waals surface area contributed by atoms with Gasteiger partial charge < -0.3 is 15.0 Å². The Morgan fingerprint density at radius 2 is 1.61 bits per heavy atom. The first-order chi connectivity index (χ1) is 18.2. The number of carbonyl (C=O) groups excluding carboxylic acids is 2. The Labute approximate surface area is 223 Å². The van der Waals surface area contributed by atoms with E-state index in [1.807, 2.05) is 99.6 Å². The largest absolute Gasteiger partial charge is 0.407 e. The van der Waals surface area contributed by atoms with E-state index in [1.54, 1.807) is 4.68 Å². The zero-order valence-electron chi connectivity index (χ0n) is 22.4. The van der Waals surface area contributed by atoms with Gasteiger partial charge in [0.1, 0.15) is 5.69 Å². The number of amides is 1. The first-order valence-corrected chi connectivity index (χ1v) is 12.8. The molecule has 1 aromatic heterocycles. The summed E-state index contributed by atoms with van der Waals surface area (Å²) in [6, 6.07) is 21.9. The first kappa shape index (κ1) is 25.3. The quantitative estimate of drug-likeness (QED) is 0.303. The molecule has 194 valence electrons. The molecule has 38 heavy (non-hydrogen) atoms. The molecule has 0 unspecified atom stereocenters. The monoisotopic (exact) mass is 508 g/mol. The minimum Gasteiger partial charge on any atom is -0.407 e. The van der Waals surface area contributed by atoms with Gasteiger partial charge in [0.25, 0.3) is 0 Å². The van der Waals surface area contributed by atoms with Crippen LogP contribution in [0.4, 0.5) is 11.4 Å². The number of esters is 1. The summed E-state index contributed by atoms with van der Waals surface area (Å²) in [7, 11) is 4.00. The highest BCUT2D eigenvalue weighted by molar-refractivity contribution is 5.95. The van der Waals surface area contributed by atoms with E-state index in [0.717, 1.165) is 52.2 Å². The van der Waals surface area contributed by atoms with Crippen LogP contribution in [0.1, 0.15) is 30.9 Å². The molecule has 7 nitrogen and oxygen atoms in total. The van der Waals surface area contributed by atoms with Gasteiger partial charge in [-0.1, -0.05) is 36.4 Å². The zero-order chi connectivity index (χ0) is 27.0. The van der Waals surface area contributed by atoms with Gasteiger partial charge in [-0.05, 0) is 73.7 Å². The third kappa shape index (κ3) is 5.18. The molecule has 7 heteroatoms. The van der Waals surface area contributed by atoms with Crippen molar-refractivity contribution in [2.75, 3.05) is 24.3 Å². The topological polar surface area (TPSA) is 76.5 Å². The average molecular weight is 509 g/mol. The van der Waals surface area contributed by atoms with Crippen molar-refractivity contribution in [2.24, 2.45) is 5.92 Å². The normalized spacial score (nSPS) is 12.8. The van der Waals surface area contributed by atoms with Gasteiger partial charge in [0, 0.05) is 43.9 Å². The van der Waals surface area contributed by atoms with Crippen molar-refractivity contribution in [2.45, 2.75) is 33.6 Å². The van der Waals surface area contributed by atoms with Crippen molar-refractivity contribution < 1.29 is 14.3 Å². The summed E-state index contributed by atoms with van der Waals surface area (Å²) in [5.41, 5.74) is 7.85. The van der Waals surface area contributed by atoms with E-state index >= 15 is 0 Å². The van der Waals surface area contributed by atoms with E-state index < -0.39 is 5.97 Å². The van der Waals surface area contributed by atoms with Gasteiger partial charge in [-0.3, -0.25) is 9.59 Å². The first-order valence-electron chi connectivity index (χ1n) is 12.8. The second kappa shape index (κ2) is 10.2. The highest BCUT2D eigenvalue weighted by Gasteiger charge is 2.30. The molecular weight excluding hydrogens is 476 g/mol. The van der Waals surface area contributed by atoms with Crippen molar-refractivity contribution in [3.8, 4) is 34.0 Å². The molecule has 0 radical (unpaired) electrons. The molecule has 4 aromatic rings. The Morgan fingerprint density at radius 3 is 2.21 bits per heavy atom. The smallest absolute Gasteiger partial charge is 0.309 e. The molecular formula is C31H32N4O3. The standard InChI is InChI=1S/C31H32N4O3/c1-19-6-7-20(2)27(18-19)35-31(38-21(3)36)28(29(33-35)23-12-16-26(17-13-23)34(4)5)22-10-14-25(15-11-22)32-30(37)24-8-9-24/h6-7,10-18,24H,8-9H2,1-5H3,(H,32,37). The molecule has 1 saturated carbocycles. The Morgan fingerprint density at radius 1 is 0.947 bits per heavy atom. The molecule has 1 aliphatic carbocycles. The Bertz CT molecular complexity index is 1500. The predicted octanol–water partition coefficient (Wildman–Crippen LogP) is 6.16. The van der Waals surface area contributed by atoms with E-state index in [2.05, 4.69) is 5.32 Å². The van der Waals surface area contributed by atoms with Crippen LogP contribution < -0.4 is 15.0 Å². The lowest BCUT2D eigenvalue weighted by atomic mass is 10.0. The molecule has 3 aromatic carbocycles. The second-order valence-corrected chi connectivity index (χ2v) is 10.1. The SMILES string of the molecule is CC(=O)Oc1c(-c2ccc(NC(=O)C3CC3)cc2)c(-c2ccc(N(C)C)cc2)nn1-c1cc(C)ccc1C. The third-order valence-electron chi connectivity index (χ3n) is 6.72. The van der Waals surface area contributed by atoms with Gasteiger partial charge in [-0.25, -0.2) is 0 Å². The summed E-state index contributed by atoms with van der Waals surface area (Å²) in [5.74, 6) is 0.105. The van der Waals surface area contributed by atoms with Gasteiger partial charge in [0.15, 0.2) is 0 Å². The van der Waals surface area contributed by atoms with Crippen LogP contribution in [0.3, 0.4) is 0 Å². The summed E-state index contributed by atoms with van der Waals surface area (Å²) in [4.78, 5) is 26.6. The van der Waals surface area contributed by atoms with Crippen LogP contribution in [0.15, 0.2) is 66.7 Å². The van der Waals surface area contributed by atoms with Crippen LogP contribution >= 0.6 is 0 Å². The summed E-state index contributed by atoms with van der Waals surface area (Å²) in [6.45, 7) is 5.43. The van der Waals surface area contributed by atoms with Crippen molar-refractivity contribution >= 4 is 23.3 Å². The van der Waals surface area contributed by atoms with Crippen molar-refractivity contribution in [3.63, 3.8) is 0 Å². The molecule has 1 aliphatic rings. The Hall–Kier alpha value is -4.39. The maximum Gasteiger partial charge on any atom is 0.309 e. The number of nitrogens with one attached hydrogen (secondary N) is 1. The lowest BCUT2D eigenvalue weighted by molar-refractivity contribution is -0.132. The van der Waals surface area contributed by atoms with E-state index in [9.17, 15) is 9.59 Å². The number of hydrogen-bond donors (Lipinski definition) is 1. The van der Waals surface area contributed by atoms with E-state index in [0.29, 0.717) is 17.1 Å². The van der Waals surface area contributed by atoms with Crippen LogP contribution in [0.5, 0.6) is 5.88 Å². The van der Waals surface area contributed by atoms with Gasteiger partial charge in [-0.2, -0.15) is 9.78 Å². The average Bonchev–Trinajstić information content (AvgIpc) is 3.68. The Balaban J connectivity index is 1.69. The molecule has 0 saturated heterocycles. The van der Waals surface area contributed by atoms with Gasteiger partial charge in [0.2, 0.25) is 11.8 Å². The summed E-state index contributed by atoms with van der Waals surface area (Å²) in [6.07, 6.45) is 1.90. The molecule has 1 fully saturated rings. The number of anilines is 2.